The molecule has 0 aromatic carbocycles. The smallest absolute Gasteiger partial charge is 0.410 e. The van der Waals surface area contributed by atoms with E-state index in [1.165, 1.54) is 50.2 Å². The van der Waals surface area contributed by atoms with Gasteiger partial charge in [-0.05, 0) is 84.6 Å². The Kier molecular flexibility index (Phi) is 11.9. The first kappa shape index (κ1) is 34.2. The van der Waals surface area contributed by atoms with Gasteiger partial charge >= 0.3 is 6.09 Å². The van der Waals surface area contributed by atoms with Crippen LogP contribution in [-0.2, 0) is 19.0 Å². The van der Waals surface area contributed by atoms with E-state index >= 15 is 0 Å². The summed E-state index contributed by atoms with van der Waals surface area (Å²) in [5.41, 5.74) is 1.19. The quantitative estimate of drug-likeness (QED) is 0.133. The monoisotopic (exact) mass is 625 g/mol. The van der Waals surface area contributed by atoms with Gasteiger partial charge in [-0.2, -0.15) is 0 Å². The molecule has 8 nitrogen and oxygen atoms in total. The Morgan fingerprint density at radius 1 is 0.978 bits per heavy atom. The van der Waals surface area contributed by atoms with Gasteiger partial charge in [0, 0.05) is 57.2 Å². The Hall–Kier alpha value is -2.16. The number of nitrogens with one attached hydrogen (secondary N) is 1. The molecule has 1 N–H and O–H groups in total. The third-order valence-electron chi connectivity index (χ3n) is 10.6. The minimum absolute atomic E-state index is 0.0484. The van der Waals surface area contributed by atoms with Gasteiger partial charge in [0.25, 0.3) is 0 Å². The van der Waals surface area contributed by atoms with Crippen molar-refractivity contribution < 1.29 is 23.8 Å². The Bertz CT molecular complexity index is 1070. The number of rotatable bonds is 9. The summed E-state index contributed by atoms with van der Waals surface area (Å²) in [5.74, 6) is 0.546. The lowest BCUT2D eigenvalue weighted by Crippen LogP contribution is -2.52. The number of carbonyl (C=O) groups excluding carboxylic acids is 2. The highest BCUT2D eigenvalue weighted by Gasteiger charge is 2.53. The molecule has 252 valence electrons. The van der Waals surface area contributed by atoms with E-state index in [1.807, 2.05) is 11.8 Å². The van der Waals surface area contributed by atoms with Gasteiger partial charge in [0.1, 0.15) is 6.10 Å². The molecule has 1 spiro atoms. The highest BCUT2D eigenvalue weighted by molar-refractivity contribution is 5.87. The van der Waals surface area contributed by atoms with Crippen LogP contribution >= 0.6 is 0 Å². The highest BCUT2D eigenvalue weighted by Crippen LogP contribution is 2.46. The van der Waals surface area contributed by atoms with E-state index < -0.39 is 6.10 Å². The summed E-state index contributed by atoms with van der Waals surface area (Å²) in [4.78, 5) is 29.7. The number of nitrogens with zero attached hydrogens (tertiary/aromatic N) is 2. The predicted octanol–water partition coefficient (Wildman–Crippen LogP) is 6.70. The van der Waals surface area contributed by atoms with Gasteiger partial charge in [0.15, 0.2) is 0 Å². The molecule has 8 heteroatoms. The maximum atomic E-state index is 12.7. The van der Waals surface area contributed by atoms with Crippen molar-refractivity contribution >= 4 is 12.0 Å². The summed E-state index contributed by atoms with van der Waals surface area (Å²) >= 11 is 0. The third kappa shape index (κ3) is 10.7. The molecule has 2 aliphatic carbocycles. The maximum absolute atomic E-state index is 12.7. The zero-order valence-electron chi connectivity index (χ0n) is 28.4. The van der Waals surface area contributed by atoms with E-state index in [4.69, 9.17) is 14.2 Å². The number of piperazine rings is 1. The summed E-state index contributed by atoms with van der Waals surface area (Å²) in [6.07, 6.45) is 24.5. The second-order valence-electron chi connectivity index (χ2n) is 15.2. The predicted molar refractivity (Wildman–Crippen MR) is 178 cm³/mol. The molecule has 2 amide bonds. The van der Waals surface area contributed by atoms with Gasteiger partial charge < -0.3 is 24.4 Å². The number of hydrogen-bond acceptors (Lipinski definition) is 6. The van der Waals surface area contributed by atoms with E-state index in [9.17, 15) is 9.59 Å². The van der Waals surface area contributed by atoms with Crippen LogP contribution in [0.4, 0.5) is 4.79 Å². The van der Waals surface area contributed by atoms with Crippen LogP contribution in [0.25, 0.3) is 0 Å². The second kappa shape index (κ2) is 15.6. The Morgan fingerprint density at radius 3 is 2.33 bits per heavy atom. The lowest BCUT2D eigenvalue weighted by Gasteiger charge is -2.38. The molecule has 0 bridgehead atoms. The molecule has 5 fully saturated rings. The molecule has 5 rings (SSSR count). The van der Waals surface area contributed by atoms with E-state index in [-0.39, 0.29) is 35.3 Å². The lowest BCUT2D eigenvalue weighted by molar-refractivity contribution is -0.117. The van der Waals surface area contributed by atoms with E-state index in [0.717, 1.165) is 64.6 Å². The molecule has 3 aliphatic heterocycles. The van der Waals surface area contributed by atoms with Crippen molar-refractivity contribution in [2.24, 2.45) is 5.92 Å². The van der Waals surface area contributed by atoms with Crippen molar-refractivity contribution in [3.8, 4) is 0 Å². The van der Waals surface area contributed by atoms with Gasteiger partial charge in [-0.1, -0.05) is 49.5 Å². The molecule has 3 heterocycles. The zero-order chi connectivity index (χ0) is 31.9. The minimum Gasteiger partial charge on any atom is -0.442 e. The van der Waals surface area contributed by atoms with Crippen molar-refractivity contribution in [3.05, 3.63) is 36.0 Å². The summed E-state index contributed by atoms with van der Waals surface area (Å²) < 4.78 is 17.7. The van der Waals surface area contributed by atoms with Crippen molar-refractivity contribution in [1.82, 2.24) is 15.1 Å². The summed E-state index contributed by atoms with van der Waals surface area (Å²) in [6.45, 7) is 12.4. The fourth-order valence-electron chi connectivity index (χ4n) is 8.00. The zero-order valence-corrected chi connectivity index (χ0v) is 28.4. The number of amides is 2. The molecule has 1 unspecified atom stereocenters. The van der Waals surface area contributed by atoms with Crippen molar-refractivity contribution in [3.63, 3.8) is 0 Å². The SMILES string of the molecule is CC(C=C[C@@H]1C[C@]2(CO2)CC(C)(C)O1)=CCC1CCC(NC(=O)C=CC(C)OC(=O)N2CCN(C3CCCCCC3)CC2)CC1. The average molecular weight is 626 g/mol. The number of hydrogen-bond donors (Lipinski definition) is 1. The molecule has 2 saturated carbocycles. The van der Waals surface area contributed by atoms with E-state index in [0.29, 0.717) is 25.0 Å². The first-order valence-electron chi connectivity index (χ1n) is 17.9. The summed E-state index contributed by atoms with van der Waals surface area (Å²) in [6, 6.07) is 0.880. The highest BCUT2D eigenvalue weighted by atomic mass is 16.6. The largest absolute Gasteiger partial charge is 0.442 e. The molecule has 0 aromatic rings. The van der Waals surface area contributed by atoms with Crippen molar-refractivity contribution in [1.29, 1.82) is 0 Å². The van der Waals surface area contributed by atoms with Crippen LogP contribution in [0.2, 0.25) is 0 Å². The van der Waals surface area contributed by atoms with Crippen LogP contribution < -0.4 is 5.32 Å². The van der Waals surface area contributed by atoms with Crippen LogP contribution in [0.15, 0.2) is 36.0 Å². The summed E-state index contributed by atoms with van der Waals surface area (Å²) in [7, 11) is 0. The van der Waals surface area contributed by atoms with Gasteiger partial charge in [0.05, 0.1) is 23.9 Å². The molecule has 0 aromatic heterocycles. The van der Waals surface area contributed by atoms with Crippen LogP contribution in [-0.4, -0.2) is 90.1 Å². The summed E-state index contributed by atoms with van der Waals surface area (Å²) in [5, 5.41) is 3.16. The molecule has 3 saturated heterocycles. The number of allylic oxidation sites excluding steroid dienone is 3. The lowest BCUT2D eigenvalue weighted by atomic mass is 9.83. The molecule has 5 aliphatic rings. The van der Waals surface area contributed by atoms with Crippen LogP contribution in [0.5, 0.6) is 0 Å². The number of carbonyl (C=O) groups is 2. The van der Waals surface area contributed by atoms with Crippen LogP contribution in [0.1, 0.15) is 111 Å². The standard InChI is InChI=1S/C37H59N3O5/c1-28(12-19-33-25-37(27-43-37)26-36(3,4)45-33)11-14-30-15-17-31(18-16-30)38-34(41)20-13-29(2)44-35(42)40-23-21-39(22-24-40)32-9-7-5-6-8-10-32/h11-13,19-20,29-33H,5-10,14-18,21-27H2,1-4H3,(H,38,41)/t29?,30?,31?,33-,37-/m1/s1. The van der Waals surface area contributed by atoms with Gasteiger partial charge in [-0.3, -0.25) is 9.69 Å². The molecule has 3 atom stereocenters. The second-order valence-corrected chi connectivity index (χ2v) is 15.2. The number of epoxide rings is 1. The minimum atomic E-state index is -0.442. The van der Waals surface area contributed by atoms with Gasteiger partial charge in [-0.15, -0.1) is 0 Å². The molecular formula is C37H59N3O5. The Labute approximate surface area is 272 Å². The van der Waals surface area contributed by atoms with Crippen molar-refractivity contribution in [2.45, 2.75) is 147 Å². The Morgan fingerprint density at radius 2 is 1.67 bits per heavy atom. The first-order valence-corrected chi connectivity index (χ1v) is 17.9. The van der Waals surface area contributed by atoms with E-state index in [1.54, 1.807) is 6.08 Å². The van der Waals surface area contributed by atoms with Crippen LogP contribution in [0.3, 0.4) is 0 Å². The fourth-order valence-corrected chi connectivity index (χ4v) is 8.00. The van der Waals surface area contributed by atoms with Crippen LogP contribution in [0, 0.1) is 5.92 Å². The van der Waals surface area contributed by atoms with Crippen molar-refractivity contribution in [2.75, 3.05) is 32.8 Å². The van der Waals surface area contributed by atoms with E-state index in [2.05, 4.69) is 49.2 Å². The maximum Gasteiger partial charge on any atom is 0.410 e. The molecule has 0 radical (unpaired) electrons. The average Bonchev–Trinajstić information content (AvgIpc) is 3.80. The third-order valence-corrected chi connectivity index (χ3v) is 10.6. The van der Waals surface area contributed by atoms with Gasteiger partial charge in [0.2, 0.25) is 5.91 Å². The topological polar surface area (TPSA) is 83.6 Å². The normalized spacial score (nSPS) is 32.5. The fraction of sp³-hybridized carbons (Fsp3) is 0.784. The number of ether oxygens (including phenoxy) is 3. The molecular weight excluding hydrogens is 566 g/mol. The first-order chi connectivity index (χ1) is 21.6. The molecule has 45 heavy (non-hydrogen) atoms. The Balaban J connectivity index is 0.948. The van der Waals surface area contributed by atoms with Gasteiger partial charge in [-0.25, -0.2) is 4.79 Å².